The molecule has 1 amide bonds. The number of amides is 1. The Morgan fingerprint density at radius 2 is 1.90 bits per heavy atom. The zero-order valence-electron chi connectivity index (χ0n) is 21.3. The van der Waals surface area contributed by atoms with Crippen LogP contribution in [0.1, 0.15) is 22.8 Å². The molecule has 4 rings (SSSR count). The minimum absolute atomic E-state index is 0.00244. The van der Waals surface area contributed by atoms with Crippen LogP contribution in [0.4, 0.5) is 24.8 Å². The number of rotatable bonds is 10. The molecule has 0 saturated carbocycles. The number of anilines is 2. The van der Waals surface area contributed by atoms with E-state index in [1.165, 1.54) is 31.6 Å². The first kappa shape index (κ1) is 27.8. The average Bonchev–Trinajstić information content (AvgIpc) is 3.44. The standard InChI is InChI=1S/C26H23F3N8O3/c1-16(12-37-15-31-14-35-37)40-22-7-17(3-4-19(22)9-30)20-10-32-25(33-11-20)36-21-6-5-18(8-23(21)39-2)24(38)34-13-26(27,28)29/h3-8,10-11,14-16H,12-13H2,1-2H3,(H,34,38)(H,32,33,36). The van der Waals surface area contributed by atoms with E-state index in [1.54, 1.807) is 41.6 Å². The highest BCUT2D eigenvalue weighted by Crippen LogP contribution is 2.30. The minimum atomic E-state index is -4.52. The van der Waals surface area contributed by atoms with E-state index in [0.717, 1.165) is 5.56 Å². The van der Waals surface area contributed by atoms with Gasteiger partial charge in [0.2, 0.25) is 5.95 Å². The summed E-state index contributed by atoms with van der Waals surface area (Å²) in [5.41, 5.74) is 2.15. The number of alkyl halides is 3. The van der Waals surface area contributed by atoms with E-state index in [1.807, 2.05) is 12.2 Å². The molecule has 14 heteroatoms. The molecular formula is C26H23F3N8O3. The molecule has 40 heavy (non-hydrogen) atoms. The number of carbonyl (C=O) groups is 1. The van der Waals surface area contributed by atoms with Crippen LogP contribution < -0.4 is 20.1 Å². The number of ether oxygens (including phenoxy) is 2. The third-order valence-electron chi connectivity index (χ3n) is 5.49. The van der Waals surface area contributed by atoms with E-state index in [4.69, 9.17) is 9.47 Å². The van der Waals surface area contributed by atoms with Gasteiger partial charge in [0.15, 0.2) is 0 Å². The largest absolute Gasteiger partial charge is 0.495 e. The van der Waals surface area contributed by atoms with Crippen molar-refractivity contribution in [1.82, 2.24) is 30.0 Å². The fraction of sp³-hybridized carbons (Fsp3) is 0.231. The first-order chi connectivity index (χ1) is 19.1. The summed E-state index contributed by atoms with van der Waals surface area (Å²) in [6.07, 6.45) is 1.35. The Kier molecular flexibility index (Phi) is 8.43. The second kappa shape index (κ2) is 12.1. The first-order valence-electron chi connectivity index (χ1n) is 11.8. The van der Waals surface area contributed by atoms with E-state index in [9.17, 15) is 23.2 Å². The van der Waals surface area contributed by atoms with Gasteiger partial charge in [0.25, 0.3) is 5.91 Å². The summed E-state index contributed by atoms with van der Waals surface area (Å²) < 4.78 is 50.1. The van der Waals surface area contributed by atoms with Crippen LogP contribution >= 0.6 is 0 Å². The maximum atomic E-state index is 12.4. The number of nitrogens with one attached hydrogen (secondary N) is 2. The average molecular weight is 553 g/mol. The van der Waals surface area contributed by atoms with Gasteiger partial charge in [-0.1, -0.05) is 6.07 Å². The van der Waals surface area contributed by atoms with Gasteiger partial charge in [0.05, 0.1) is 24.9 Å². The number of benzene rings is 2. The summed E-state index contributed by atoms with van der Waals surface area (Å²) in [6, 6.07) is 11.4. The topological polar surface area (TPSA) is 140 Å². The lowest BCUT2D eigenvalue weighted by atomic mass is 10.1. The normalized spacial score (nSPS) is 11.8. The molecule has 0 aliphatic carbocycles. The fourth-order valence-corrected chi connectivity index (χ4v) is 3.62. The maximum Gasteiger partial charge on any atom is 0.405 e. The molecule has 206 valence electrons. The number of nitriles is 1. The van der Waals surface area contributed by atoms with Gasteiger partial charge in [-0.15, -0.1) is 0 Å². The van der Waals surface area contributed by atoms with Gasteiger partial charge in [-0.25, -0.2) is 19.6 Å². The molecule has 0 saturated heterocycles. The molecule has 0 aliphatic heterocycles. The van der Waals surface area contributed by atoms with Crippen LogP contribution in [0.5, 0.6) is 11.5 Å². The third-order valence-corrected chi connectivity index (χ3v) is 5.49. The van der Waals surface area contributed by atoms with Crippen molar-refractivity contribution in [2.45, 2.75) is 25.7 Å². The van der Waals surface area contributed by atoms with E-state index in [2.05, 4.69) is 31.4 Å². The number of methoxy groups -OCH3 is 1. The number of nitrogens with zero attached hydrogens (tertiary/aromatic N) is 6. The van der Waals surface area contributed by atoms with Crippen molar-refractivity contribution in [2.75, 3.05) is 19.0 Å². The predicted molar refractivity (Wildman–Crippen MR) is 137 cm³/mol. The van der Waals surface area contributed by atoms with Crippen LogP contribution in [-0.4, -0.2) is 56.6 Å². The molecule has 11 nitrogen and oxygen atoms in total. The fourth-order valence-electron chi connectivity index (χ4n) is 3.62. The maximum absolute atomic E-state index is 12.4. The van der Waals surface area contributed by atoms with Crippen molar-refractivity contribution < 1.29 is 27.4 Å². The van der Waals surface area contributed by atoms with E-state index in [-0.39, 0.29) is 23.4 Å². The van der Waals surface area contributed by atoms with E-state index < -0.39 is 18.6 Å². The summed E-state index contributed by atoms with van der Waals surface area (Å²) in [5.74, 6) is -0.0654. The molecule has 2 aromatic heterocycles. The zero-order chi connectivity index (χ0) is 28.7. The minimum Gasteiger partial charge on any atom is -0.495 e. The highest BCUT2D eigenvalue weighted by molar-refractivity contribution is 5.95. The lowest BCUT2D eigenvalue weighted by Crippen LogP contribution is -2.33. The molecular weight excluding hydrogens is 529 g/mol. The van der Waals surface area contributed by atoms with Gasteiger partial charge >= 0.3 is 6.18 Å². The number of hydrogen-bond donors (Lipinski definition) is 2. The Morgan fingerprint density at radius 1 is 1.12 bits per heavy atom. The second-order valence-electron chi connectivity index (χ2n) is 8.50. The smallest absolute Gasteiger partial charge is 0.405 e. The molecule has 1 atom stereocenters. The SMILES string of the molecule is COc1cc(C(=O)NCC(F)(F)F)ccc1Nc1ncc(-c2ccc(C#N)c(OC(C)Cn3cncn3)c2)cn1. The molecule has 0 spiro atoms. The van der Waals surface area contributed by atoms with Crippen molar-refractivity contribution >= 4 is 17.5 Å². The predicted octanol–water partition coefficient (Wildman–Crippen LogP) is 4.12. The lowest BCUT2D eigenvalue weighted by molar-refractivity contribution is -0.123. The second-order valence-corrected chi connectivity index (χ2v) is 8.50. The summed E-state index contributed by atoms with van der Waals surface area (Å²) in [6.45, 7) is 0.860. The zero-order valence-corrected chi connectivity index (χ0v) is 21.3. The van der Waals surface area contributed by atoms with Crippen LogP contribution in [0.3, 0.4) is 0 Å². The van der Waals surface area contributed by atoms with Gasteiger partial charge in [0, 0.05) is 23.5 Å². The molecule has 1 unspecified atom stereocenters. The summed E-state index contributed by atoms with van der Waals surface area (Å²) in [7, 11) is 1.36. The van der Waals surface area contributed by atoms with E-state index >= 15 is 0 Å². The first-order valence-corrected chi connectivity index (χ1v) is 11.8. The number of halogens is 3. The Hall–Kier alpha value is -5.19. The number of aromatic nitrogens is 5. The quantitative estimate of drug-likeness (QED) is 0.297. The van der Waals surface area contributed by atoms with Gasteiger partial charge < -0.3 is 20.1 Å². The van der Waals surface area contributed by atoms with Crippen LogP contribution in [0, 0.1) is 11.3 Å². The van der Waals surface area contributed by atoms with Crippen LogP contribution in [0.25, 0.3) is 11.1 Å². The van der Waals surface area contributed by atoms with Crippen molar-refractivity contribution in [3.05, 3.63) is 72.6 Å². The monoisotopic (exact) mass is 552 g/mol. The van der Waals surface area contributed by atoms with Crippen LogP contribution in [-0.2, 0) is 6.54 Å². The summed E-state index contributed by atoms with van der Waals surface area (Å²) >= 11 is 0. The van der Waals surface area contributed by atoms with Gasteiger partial charge in [0.1, 0.15) is 42.9 Å². The third kappa shape index (κ3) is 7.22. The molecule has 0 fully saturated rings. The van der Waals surface area contributed by atoms with Crippen LogP contribution in [0.15, 0.2) is 61.4 Å². The van der Waals surface area contributed by atoms with Crippen LogP contribution in [0.2, 0.25) is 0 Å². The van der Waals surface area contributed by atoms with E-state index in [0.29, 0.717) is 29.1 Å². The van der Waals surface area contributed by atoms with Crippen molar-refractivity contribution in [3.8, 4) is 28.7 Å². The molecule has 2 N–H and O–H groups in total. The van der Waals surface area contributed by atoms with Crippen molar-refractivity contribution in [3.63, 3.8) is 0 Å². The summed E-state index contributed by atoms with van der Waals surface area (Å²) in [5, 5.41) is 18.3. The van der Waals surface area contributed by atoms with Crippen molar-refractivity contribution in [1.29, 1.82) is 5.26 Å². The van der Waals surface area contributed by atoms with Gasteiger partial charge in [-0.3, -0.25) is 4.79 Å². The Labute approximate surface area is 226 Å². The highest BCUT2D eigenvalue weighted by Gasteiger charge is 2.28. The highest BCUT2D eigenvalue weighted by atomic mass is 19.4. The molecule has 2 heterocycles. The molecule has 0 radical (unpaired) electrons. The molecule has 0 bridgehead atoms. The Bertz CT molecular complexity index is 1500. The number of hydrogen-bond acceptors (Lipinski definition) is 9. The van der Waals surface area contributed by atoms with Gasteiger partial charge in [-0.05, 0) is 42.8 Å². The van der Waals surface area contributed by atoms with Crippen molar-refractivity contribution in [2.24, 2.45) is 0 Å². The summed E-state index contributed by atoms with van der Waals surface area (Å²) in [4.78, 5) is 24.6. The Balaban J connectivity index is 1.46. The molecule has 0 aliphatic rings. The van der Waals surface area contributed by atoms with Gasteiger partial charge in [-0.2, -0.15) is 23.5 Å². The lowest BCUT2D eigenvalue weighted by Gasteiger charge is -2.16. The molecule has 4 aromatic rings. The molecule has 2 aromatic carbocycles. The Morgan fingerprint density at radius 3 is 2.55 bits per heavy atom. The number of carbonyl (C=O) groups excluding carboxylic acids is 1.